The minimum atomic E-state index is -0.575. The minimum absolute atomic E-state index is 0.159. The third-order valence-corrected chi connectivity index (χ3v) is 2.78. The van der Waals surface area contributed by atoms with Crippen LogP contribution < -0.4 is 5.32 Å². The minimum Gasteiger partial charge on any atom is -0.454 e. The molecular weight excluding hydrogens is 282 g/mol. The highest BCUT2D eigenvalue weighted by molar-refractivity contribution is 6.34. The third-order valence-electron chi connectivity index (χ3n) is 2.48. The predicted molar refractivity (Wildman–Crippen MR) is 77.0 cm³/mol. The molecule has 0 radical (unpaired) electrons. The van der Waals surface area contributed by atoms with Crippen LogP contribution in [0.1, 0.15) is 18.1 Å². The summed E-state index contributed by atoms with van der Waals surface area (Å²) in [5.41, 5.74) is 2.39. The van der Waals surface area contributed by atoms with Crippen LogP contribution in [0.25, 0.3) is 0 Å². The van der Waals surface area contributed by atoms with E-state index < -0.39 is 11.9 Å². The first-order chi connectivity index (χ1) is 9.43. The van der Waals surface area contributed by atoms with Crippen LogP contribution in [-0.2, 0) is 19.1 Å². The molecule has 1 aromatic carbocycles. The van der Waals surface area contributed by atoms with Crippen LogP contribution in [0.4, 0.5) is 5.69 Å². The van der Waals surface area contributed by atoms with E-state index in [9.17, 15) is 9.59 Å². The Morgan fingerprint density at radius 2 is 1.95 bits per heavy atom. The lowest BCUT2D eigenvalue weighted by atomic mass is 10.1. The van der Waals surface area contributed by atoms with Crippen LogP contribution in [0, 0.1) is 13.8 Å². The maximum absolute atomic E-state index is 11.7. The maximum Gasteiger partial charge on any atom is 0.332 e. The van der Waals surface area contributed by atoms with E-state index in [0.29, 0.717) is 17.3 Å². The number of benzene rings is 1. The zero-order valence-corrected chi connectivity index (χ0v) is 12.5. The molecule has 0 bridgehead atoms. The Kier molecular flexibility index (Phi) is 6.48. The fourth-order valence-electron chi connectivity index (χ4n) is 1.62. The molecule has 0 unspecified atom stereocenters. The Hall–Kier alpha value is -1.59. The lowest BCUT2D eigenvalue weighted by Gasteiger charge is -2.11. The van der Waals surface area contributed by atoms with E-state index in [1.165, 1.54) is 0 Å². The van der Waals surface area contributed by atoms with Gasteiger partial charge in [-0.3, -0.25) is 4.79 Å². The van der Waals surface area contributed by atoms with E-state index in [-0.39, 0.29) is 13.2 Å². The normalized spacial score (nSPS) is 10.2. The van der Waals surface area contributed by atoms with Crippen LogP contribution in [-0.4, -0.2) is 31.7 Å². The van der Waals surface area contributed by atoms with Crippen molar-refractivity contribution in [2.45, 2.75) is 20.8 Å². The number of aryl methyl sites for hydroxylation is 2. The number of esters is 1. The molecule has 1 N–H and O–H groups in total. The fourth-order valence-corrected chi connectivity index (χ4v) is 1.99. The number of halogens is 1. The molecule has 0 spiro atoms. The molecule has 110 valence electrons. The fraction of sp³-hybridized carbons (Fsp3) is 0.429. The summed E-state index contributed by atoms with van der Waals surface area (Å²) in [6, 6.07) is 3.66. The van der Waals surface area contributed by atoms with Gasteiger partial charge in [-0.05, 0) is 38.0 Å². The molecule has 20 heavy (non-hydrogen) atoms. The average molecular weight is 300 g/mol. The molecule has 0 saturated carbocycles. The topological polar surface area (TPSA) is 64.6 Å². The highest BCUT2D eigenvalue weighted by Crippen LogP contribution is 2.27. The molecule has 1 amide bonds. The van der Waals surface area contributed by atoms with E-state index in [2.05, 4.69) is 5.32 Å². The van der Waals surface area contributed by atoms with E-state index in [0.717, 1.165) is 11.1 Å². The molecule has 0 atom stereocenters. The molecule has 1 rings (SSSR count). The van der Waals surface area contributed by atoms with Gasteiger partial charge in [0.25, 0.3) is 5.91 Å². The molecule has 0 aliphatic heterocycles. The van der Waals surface area contributed by atoms with Crippen LogP contribution >= 0.6 is 11.6 Å². The number of carbonyl (C=O) groups excluding carboxylic acids is 2. The number of hydrogen-bond acceptors (Lipinski definition) is 4. The molecule has 0 aliphatic rings. The molecule has 0 fully saturated rings. The van der Waals surface area contributed by atoms with Gasteiger partial charge in [-0.15, -0.1) is 0 Å². The van der Waals surface area contributed by atoms with E-state index in [1.807, 2.05) is 19.9 Å². The zero-order valence-electron chi connectivity index (χ0n) is 11.8. The van der Waals surface area contributed by atoms with Crippen molar-refractivity contribution in [1.82, 2.24) is 0 Å². The van der Waals surface area contributed by atoms with Gasteiger partial charge in [0.15, 0.2) is 6.61 Å². The van der Waals surface area contributed by atoms with Crippen molar-refractivity contribution in [2.75, 3.05) is 25.1 Å². The van der Waals surface area contributed by atoms with Crippen molar-refractivity contribution in [3.8, 4) is 0 Å². The quantitative estimate of drug-likeness (QED) is 0.820. The summed E-state index contributed by atoms with van der Waals surface area (Å²) in [7, 11) is 0. The van der Waals surface area contributed by atoms with Gasteiger partial charge in [-0.2, -0.15) is 0 Å². The molecule has 1 aromatic rings. The summed E-state index contributed by atoms with van der Waals surface area (Å²) in [6.45, 7) is 5.42. The monoisotopic (exact) mass is 299 g/mol. The summed E-state index contributed by atoms with van der Waals surface area (Å²) in [5.74, 6) is -1.02. The molecule has 0 aliphatic carbocycles. The molecule has 5 nitrogen and oxygen atoms in total. The number of rotatable bonds is 6. The Morgan fingerprint density at radius 3 is 2.55 bits per heavy atom. The number of nitrogens with one attached hydrogen (secondary N) is 1. The van der Waals surface area contributed by atoms with Crippen LogP contribution in [0.5, 0.6) is 0 Å². The zero-order chi connectivity index (χ0) is 15.1. The first-order valence-electron chi connectivity index (χ1n) is 6.24. The number of carbonyl (C=O) groups is 2. The second-order valence-electron chi connectivity index (χ2n) is 4.28. The van der Waals surface area contributed by atoms with Crippen LogP contribution in [0.15, 0.2) is 12.1 Å². The Balaban J connectivity index is 2.53. The molecular formula is C14H18ClNO4. The maximum atomic E-state index is 11.7. The standard InChI is InChI=1S/C14H18ClNO4/c1-4-19-8-13(18)20-7-12(17)16-14-10(3)5-9(2)6-11(14)15/h5-6H,4,7-8H2,1-3H3,(H,16,17). The Bertz CT molecular complexity index is 479. The number of amides is 1. The SMILES string of the molecule is CCOCC(=O)OCC(=O)Nc1c(C)cc(C)cc1Cl. The van der Waals surface area contributed by atoms with Crippen molar-refractivity contribution in [2.24, 2.45) is 0 Å². The highest BCUT2D eigenvalue weighted by Gasteiger charge is 2.11. The number of hydrogen-bond donors (Lipinski definition) is 1. The van der Waals surface area contributed by atoms with E-state index in [1.54, 1.807) is 13.0 Å². The molecule has 0 saturated heterocycles. The van der Waals surface area contributed by atoms with Gasteiger partial charge in [0.1, 0.15) is 6.61 Å². The molecule has 0 heterocycles. The van der Waals surface area contributed by atoms with Gasteiger partial charge >= 0.3 is 5.97 Å². The van der Waals surface area contributed by atoms with Gasteiger partial charge in [0.2, 0.25) is 0 Å². The van der Waals surface area contributed by atoms with Gasteiger partial charge in [0.05, 0.1) is 10.7 Å². The summed E-state index contributed by atoms with van der Waals surface area (Å²) in [5, 5.41) is 3.08. The van der Waals surface area contributed by atoms with Crippen molar-refractivity contribution in [3.63, 3.8) is 0 Å². The third kappa shape index (κ3) is 5.19. The van der Waals surface area contributed by atoms with Gasteiger partial charge in [-0.1, -0.05) is 17.7 Å². The Morgan fingerprint density at radius 1 is 1.25 bits per heavy atom. The largest absolute Gasteiger partial charge is 0.454 e. The smallest absolute Gasteiger partial charge is 0.332 e. The van der Waals surface area contributed by atoms with Crippen molar-refractivity contribution < 1.29 is 19.1 Å². The summed E-state index contributed by atoms with van der Waals surface area (Å²) in [4.78, 5) is 22.9. The van der Waals surface area contributed by atoms with Crippen LogP contribution in [0.3, 0.4) is 0 Å². The van der Waals surface area contributed by atoms with Crippen molar-refractivity contribution in [1.29, 1.82) is 0 Å². The molecule has 6 heteroatoms. The Labute approximate surface area is 123 Å². The van der Waals surface area contributed by atoms with Crippen molar-refractivity contribution >= 4 is 29.2 Å². The van der Waals surface area contributed by atoms with Crippen molar-refractivity contribution in [3.05, 3.63) is 28.3 Å². The van der Waals surface area contributed by atoms with Gasteiger partial charge in [0, 0.05) is 6.61 Å². The number of ether oxygens (including phenoxy) is 2. The van der Waals surface area contributed by atoms with Gasteiger partial charge in [-0.25, -0.2) is 4.79 Å². The summed E-state index contributed by atoms with van der Waals surface area (Å²) < 4.78 is 9.63. The predicted octanol–water partition coefficient (Wildman–Crippen LogP) is 2.48. The summed E-state index contributed by atoms with van der Waals surface area (Å²) in [6.07, 6.45) is 0. The second-order valence-corrected chi connectivity index (χ2v) is 4.69. The molecule has 0 aromatic heterocycles. The summed E-state index contributed by atoms with van der Waals surface area (Å²) >= 11 is 6.07. The second kappa shape index (κ2) is 7.87. The van der Waals surface area contributed by atoms with E-state index in [4.69, 9.17) is 21.1 Å². The average Bonchev–Trinajstić information content (AvgIpc) is 2.38. The van der Waals surface area contributed by atoms with E-state index >= 15 is 0 Å². The lowest BCUT2D eigenvalue weighted by molar-refractivity contribution is -0.151. The lowest BCUT2D eigenvalue weighted by Crippen LogP contribution is -2.23. The van der Waals surface area contributed by atoms with Crippen LogP contribution in [0.2, 0.25) is 5.02 Å². The van der Waals surface area contributed by atoms with Gasteiger partial charge < -0.3 is 14.8 Å². The first-order valence-corrected chi connectivity index (χ1v) is 6.61. The number of anilines is 1. The first kappa shape index (κ1) is 16.5. The highest BCUT2D eigenvalue weighted by atomic mass is 35.5.